The Morgan fingerprint density at radius 1 is 0.857 bits per heavy atom. The first-order valence-electron chi connectivity index (χ1n) is 11.1. The highest BCUT2D eigenvalue weighted by Gasteiger charge is 2.26. The molecule has 0 fully saturated rings. The number of aromatic nitrogens is 3. The van der Waals surface area contributed by atoms with Crippen molar-refractivity contribution in [1.29, 1.82) is 0 Å². The van der Waals surface area contributed by atoms with Crippen LogP contribution in [-0.4, -0.2) is 66.0 Å². The van der Waals surface area contributed by atoms with Crippen LogP contribution in [0.1, 0.15) is 5.56 Å². The molecule has 1 heterocycles. The number of azo groups is 1. The molecule has 222 valence electrons. The van der Waals surface area contributed by atoms with E-state index in [1.165, 1.54) is 20.0 Å². The molecular formula is C21H19N7O11S3. The van der Waals surface area contributed by atoms with Gasteiger partial charge in [0.15, 0.2) is 5.75 Å². The van der Waals surface area contributed by atoms with Gasteiger partial charge in [-0.3, -0.25) is 18.6 Å². The SMILES string of the molecule is CNc1nc(Nc2cc(S(=O)(=O)O)cc3cc(S(=O)(=O)O)c(N=Nc4ccc(C)cc4S(=O)(=O)O)c(O)c23)[nH]c(=O)n1. The minimum Gasteiger partial charge on any atom is -0.505 e. The third-order valence-electron chi connectivity index (χ3n) is 5.48. The van der Waals surface area contributed by atoms with E-state index in [1.807, 2.05) is 0 Å². The number of fused-ring (bicyclic) bond motifs is 1. The van der Waals surface area contributed by atoms with Gasteiger partial charge in [0, 0.05) is 12.4 Å². The number of aromatic amines is 1. The number of nitrogens with zero attached hydrogens (tertiary/aromatic N) is 4. The fraction of sp³-hybridized carbons (Fsp3) is 0.0952. The lowest BCUT2D eigenvalue weighted by Gasteiger charge is -2.15. The second-order valence-corrected chi connectivity index (χ2v) is 12.6. The number of aromatic hydroxyl groups is 1. The molecule has 0 atom stereocenters. The summed E-state index contributed by atoms with van der Waals surface area (Å²) in [7, 11) is -13.6. The first-order valence-corrected chi connectivity index (χ1v) is 15.4. The van der Waals surface area contributed by atoms with Gasteiger partial charge < -0.3 is 15.7 Å². The average molecular weight is 642 g/mol. The number of phenolic OH excluding ortho intramolecular Hbond substituents is 1. The number of anilines is 3. The van der Waals surface area contributed by atoms with Crippen LogP contribution in [0.25, 0.3) is 10.8 Å². The van der Waals surface area contributed by atoms with E-state index < -0.39 is 67.9 Å². The molecule has 18 nitrogen and oxygen atoms in total. The molecule has 0 unspecified atom stereocenters. The highest BCUT2D eigenvalue weighted by atomic mass is 32.2. The maximum atomic E-state index is 12.3. The van der Waals surface area contributed by atoms with E-state index in [1.54, 1.807) is 0 Å². The standard InChI is InChI=1S/C21H19N7O11S3/c1-9-3-4-12(14(5-9)41(34,35)36)27-28-17-15(42(37,38)39)7-10-6-11(40(31,32)33)8-13(16(10)18(17)29)23-20-24-19(22-2)25-21(30)26-20/h3-8,29H,1-2H3,(H,31,32,33)(H,34,35,36)(H,37,38,39)(H3,22,23,24,25,26,30). The number of aryl methyl sites for hydroxylation is 1. The summed E-state index contributed by atoms with van der Waals surface area (Å²) in [5.74, 6) is -1.54. The number of benzene rings is 3. The third-order valence-corrected chi connectivity index (χ3v) is 8.06. The number of nitrogens with one attached hydrogen (secondary N) is 3. The maximum Gasteiger partial charge on any atom is 0.351 e. The lowest BCUT2D eigenvalue weighted by molar-refractivity contribution is 0.472. The van der Waals surface area contributed by atoms with Crippen molar-refractivity contribution in [3.63, 3.8) is 0 Å². The van der Waals surface area contributed by atoms with Gasteiger partial charge in [0.2, 0.25) is 11.9 Å². The molecule has 0 radical (unpaired) electrons. The highest BCUT2D eigenvalue weighted by molar-refractivity contribution is 7.86. The third kappa shape index (κ3) is 6.35. The summed E-state index contributed by atoms with van der Waals surface area (Å²) in [5.41, 5.74) is -2.26. The topological polar surface area (TPSA) is 291 Å². The van der Waals surface area contributed by atoms with Gasteiger partial charge in [-0.25, -0.2) is 4.79 Å². The zero-order valence-corrected chi connectivity index (χ0v) is 23.6. The molecule has 4 rings (SSSR count). The van der Waals surface area contributed by atoms with Gasteiger partial charge in [-0.1, -0.05) is 6.07 Å². The van der Waals surface area contributed by atoms with Crippen molar-refractivity contribution < 1.29 is 44.0 Å². The van der Waals surface area contributed by atoms with E-state index in [4.69, 9.17) is 0 Å². The largest absolute Gasteiger partial charge is 0.505 e. The minimum atomic E-state index is -5.22. The summed E-state index contributed by atoms with van der Waals surface area (Å²) in [5, 5.41) is 22.8. The van der Waals surface area contributed by atoms with Gasteiger partial charge in [-0.2, -0.15) is 35.2 Å². The maximum absolute atomic E-state index is 12.3. The molecular weight excluding hydrogens is 622 g/mol. The molecule has 0 amide bonds. The lowest BCUT2D eigenvalue weighted by atomic mass is 10.1. The molecule has 0 aliphatic carbocycles. The van der Waals surface area contributed by atoms with Gasteiger partial charge >= 0.3 is 5.69 Å². The van der Waals surface area contributed by atoms with Crippen LogP contribution in [0, 0.1) is 6.92 Å². The zero-order chi connectivity index (χ0) is 31.2. The van der Waals surface area contributed by atoms with Crippen molar-refractivity contribution in [1.82, 2.24) is 15.0 Å². The van der Waals surface area contributed by atoms with Gasteiger partial charge in [-0.15, -0.1) is 10.2 Å². The molecule has 0 spiro atoms. The average Bonchev–Trinajstić information content (AvgIpc) is 2.86. The van der Waals surface area contributed by atoms with Crippen LogP contribution in [0.3, 0.4) is 0 Å². The van der Waals surface area contributed by atoms with Crippen molar-refractivity contribution in [2.75, 3.05) is 17.7 Å². The Bertz CT molecular complexity index is 2180. The molecule has 3 aromatic carbocycles. The predicted molar refractivity (Wildman–Crippen MR) is 146 cm³/mol. The van der Waals surface area contributed by atoms with Gasteiger partial charge in [0.05, 0.1) is 10.6 Å². The fourth-order valence-electron chi connectivity index (χ4n) is 3.70. The monoisotopic (exact) mass is 641 g/mol. The van der Waals surface area contributed by atoms with E-state index in [2.05, 4.69) is 35.8 Å². The van der Waals surface area contributed by atoms with Gasteiger partial charge in [0.1, 0.15) is 21.2 Å². The second kappa shape index (κ2) is 10.7. The van der Waals surface area contributed by atoms with Crippen LogP contribution < -0.4 is 16.3 Å². The molecule has 0 saturated heterocycles. The Labute approximate surface area is 236 Å². The van der Waals surface area contributed by atoms with E-state index in [0.29, 0.717) is 11.6 Å². The van der Waals surface area contributed by atoms with Gasteiger partial charge in [-0.05, 0) is 48.2 Å². The second-order valence-electron chi connectivity index (χ2n) is 8.44. The lowest BCUT2D eigenvalue weighted by Crippen LogP contribution is -2.16. The van der Waals surface area contributed by atoms with Crippen LogP contribution in [0.15, 0.2) is 66.1 Å². The number of H-pyrrole nitrogens is 1. The number of hydrogen-bond acceptors (Lipinski definition) is 14. The molecule has 0 aliphatic heterocycles. The molecule has 0 bridgehead atoms. The summed E-state index contributed by atoms with van der Waals surface area (Å²) in [6.45, 7) is 1.51. The Morgan fingerprint density at radius 2 is 1.52 bits per heavy atom. The van der Waals surface area contributed by atoms with Crippen molar-refractivity contribution in [2.24, 2.45) is 10.2 Å². The normalized spacial score (nSPS) is 12.6. The van der Waals surface area contributed by atoms with E-state index >= 15 is 0 Å². The fourth-order valence-corrected chi connectivity index (χ4v) is 5.61. The zero-order valence-electron chi connectivity index (χ0n) is 21.1. The van der Waals surface area contributed by atoms with Crippen LogP contribution >= 0.6 is 0 Å². The summed E-state index contributed by atoms with van der Waals surface area (Å²) >= 11 is 0. The Hall–Kier alpha value is -4.54. The van der Waals surface area contributed by atoms with Crippen LogP contribution in [0.4, 0.5) is 29.0 Å². The summed E-state index contributed by atoms with van der Waals surface area (Å²) in [4.78, 5) is 19.0. The summed E-state index contributed by atoms with van der Waals surface area (Å²) in [6.07, 6.45) is 0. The quantitative estimate of drug-likeness (QED) is 0.107. The minimum absolute atomic E-state index is 0.170. The molecule has 7 N–H and O–H groups in total. The number of rotatable bonds is 8. The van der Waals surface area contributed by atoms with Gasteiger partial charge in [0.25, 0.3) is 30.4 Å². The van der Waals surface area contributed by atoms with Crippen LogP contribution in [0.2, 0.25) is 0 Å². The predicted octanol–water partition coefficient (Wildman–Crippen LogP) is 2.27. The molecule has 0 aliphatic rings. The summed E-state index contributed by atoms with van der Waals surface area (Å²) < 4.78 is 101. The van der Waals surface area contributed by atoms with E-state index in [0.717, 1.165) is 24.3 Å². The Balaban J connectivity index is 2.07. The van der Waals surface area contributed by atoms with Crippen molar-refractivity contribution in [3.05, 3.63) is 52.4 Å². The van der Waals surface area contributed by atoms with Crippen molar-refractivity contribution in [2.45, 2.75) is 21.6 Å². The highest BCUT2D eigenvalue weighted by Crippen LogP contribution is 2.45. The molecule has 4 aromatic rings. The number of phenols is 1. The van der Waals surface area contributed by atoms with Crippen molar-refractivity contribution in [3.8, 4) is 5.75 Å². The van der Waals surface area contributed by atoms with Crippen molar-refractivity contribution >= 4 is 70.1 Å². The van der Waals surface area contributed by atoms with Crippen LogP contribution in [0.5, 0.6) is 5.75 Å². The summed E-state index contributed by atoms with van der Waals surface area (Å²) in [6, 6.07) is 5.84. The molecule has 42 heavy (non-hydrogen) atoms. The Kier molecular flexibility index (Phi) is 7.75. The van der Waals surface area contributed by atoms with E-state index in [-0.39, 0.29) is 28.4 Å². The number of hydrogen-bond donors (Lipinski definition) is 7. The smallest absolute Gasteiger partial charge is 0.351 e. The van der Waals surface area contributed by atoms with E-state index in [9.17, 15) is 48.8 Å². The molecule has 21 heteroatoms. The Morgan fingerprint density at radius 3 is 2.12 bits per heavy atom. The molecule has 1 aromatic heterocycles. The first kappa shape index (κ1) is 30.4. The van der Waals surface area contributed by atoms with Crippen LogP contribution in [-0.2, 0) is 30.4 Å². The first-order chi connectivity index (χ1) is 19.4. The molecule has 0 saturated carbocycles.